The van der Waals surface area contributed by atoms with Crippen LogP contribution in [0.3, 0.4) is 0 Å². The quantitative estimate of drug-likeness (QED) is 0.767. The number of nitrogens with two attached hydrogens (primary N) is 2. The van der Waals surface area contributed by atoms with Gasteiger partial charge in [-0.05, 0) is 13.0 Å². The van der Waals surface area contributed by atoms with E-state index in [4.69, 9.17) is 23.1 Å². The highest BCUT2D eigenvalue weighted by Gasteiger charge is 2.21. The highest BCUT2D eigenvalue weighted by molar-refractivity contribution is 6.31. The van der Waals surface area contributed by atoms with Gasteiger partial charge >= 0.3 is 0 Å². The third kappa shape index (κ3) is 2.67. The Morgan fingerprint density at radius 2 is 2.13 bits per heavy atom. The number of aromatic nitrogens is 1. The first-order valence-electron chi connectivity index (χ1n) is 4.64. The average molecular weight is 228 g/mol. The number of pyridine rings is 1. The molecule has 0 saturated heterocycles. The molecule has 4 nitrogen and oxygen atoms in total. The molecule has 0 radical (unpaired) electrons. The molecule has 0 spiro atoms. The van der Waals surface area contributed by atoms with E-state index < -0.39 is 0 Å². The molecular formula is C10H14ClN3O. The first-order valence-corrected chi connectivity index (χ1v) is 5.02. The lowest BCUT2D eigenvalue weighted by atomic mass is 9.94. The molecule has 1 heterocycles. The Morgan fingerprint density at radius 3 is 2.67 bits per heavy atom. The summed E-state index contributed by atoms with van der Waals surface area (Å²) in [5.74, 6) is -0.234. The van der Waals surface area contributed by atoms with Gasteiger partial charge in [-0.15, -0.1) is 0 Å². The van der Waals surface area contributed by atoms with Crippen molar-refractivity contribution >= 4 is 23.2 Å². The van der Waals surface area contributed by atoms with Gasteiger partial charge in [0.25, 0.3) is 0 Å². The molecule has 1 aromatic heterocycles. The number of rotatable bonds is 3. The van der Waals surface area contributed by atoms with E-state index in [-0.39, 0.29) is 23.6 Å². The number of Topliss-reactive ketones (excluding diaryl/α,β-unsaturated/α-hetero) is 1. The van der Waals surface area contributed by atoms with Crippen LogP contribution in [0.15, 0.2) is 12.3 Å². The molecule has 0 aliphatic heterocycles. The summed E-state index contributed by atoms with van der Waals surface area (Å²) in [6, 6.07) is 1.29. The molecule has 0 aliphatic carbocycles. The van der Waals surface area contributed by atoms with Crippen molar-refractivity contribution in [2.45, 2.75) is 19.9 Å². The van der Waals surface area contributed by atoms with E-state index >= 15 is 0 Å². The van der Waals surface area contributed by atoms with Crippen LogP contribution < -0.4 is 11.5 Å². The molecule has 0 bridgehead atoms. The number of carbonyl (C=O) groups is 1. The van der Waals surface area contributed by atoms with Gasteiger partial charge in [-0.25, -0.2) is 4.98 Å². The summed E-state index contributed by atoms with van der Waals surface area (Å²) in [6.07, 6.45) is 1.41. The summed E-state index contributed by atoms with van der Waals surface area (Å²) < 4.78 is 0. The van der Waals surface area contributed by atoms with Crippen LogP contribution in [0.4, 0.5) is 5.82 Å². The SMILES string of the molecule is CC(N)C(C)C(=O)c1cc(Cl)cnc1N. The monoisotopic (exact) mass is 227 g/mol. The molecule has 2 atom stereocenters. The zero-order chi connectivity index (χ0) is 11.6. The maximum Gasteiger partial charge on any atom is 0.170 e. The fraction of sp³-hybridized carbons (Fsp3) is 0.400. The Labute approximate surface area is 93.6 Å². The van der Waals surface area contributed by atoms with Crippen LogP contribution in [-0.4, -0.2) is 16.8 Å². The van der Waals surface area contributed by atoms with E-state index in [0.29, 0.717) is 10.6 Å². The summed E-state index contributed by atoms with van der Waals surface area (Å²) >= 11 is 5.74. The molecule has 4 N–H and O–H groups in total. The van der Waals surface area contributed by atoms with Crippen molar-refractivity contribution in [3.05, 3.63) is 22.8 Å². The van der Waals surface area contributed by atoms with Crippen molar-refractivity contribution in [1.29, 1.82) is 0 Å². The molecule has 0 amide bonds. The Balaban J connectivity index is 3.05. The van der Waals surface area contributed by atoms with Gasteiger partial charge in [-0.3, -0.25) is 4.79 Å². The molecule has 82 valence electrons. The fourth-order valence-electron chi connectivity index (χ4n) is 1.13. The maximum atomic E-state index is 11.9. The Hall–Kier alpha value is -1.13. The second kappa shape index (κ2) is 4.59. The molecule has 0 saturated carbocycles. The van der Waals surface area contributed by atoms with Crippen molar-refractivity contribution in [2.24, 2.45) is 11.7 Å². The highest BCUT2D eigenvalue weighted by atomic mass is 35.5. The molecule has 0 aromatic carbocycles. The molecule has 15 heavy (non-hydrogen) atoms. The second-order valence-electron chi connectivity index (χ2n) is 3.60. The molecule has 1 aromatic rings. The largest absolute Gasteiger partial charge is 0.383 e. The van der Waals surface area contributed by atoms with Crippen LogP contribution in [0, 0.1) is 5.92 Å². The van der Waals surface area contributed by atoms with E-state index in [2.05, 4.69) is 4.98 Å². The average Bonchev–Trinajstić information content (AvgIpc) is 2.19. The topological polar surface area (TPSA) is 82.0 Å². The number of nitrogen functional groups attached to an aromatic ring is 1. The lowest BCUT2D eigenvalue weighted by Crippen LogP contribution is -2.31. The Morgan fingerprint density at radius 1 is 1.53 bits per heavy atom. The van der Waals surface area contributed by atoms with Crippen LogP contribution in [0.5, 0.6) is 0 Å². The summed E-state index contributed by atoms with van der Waals surface area (Å²) in [6.45, 7) is 3.53. The van der Waals surface area contributed by atoms with Gasteiger partial charge in [0.15, 0.2) is 5.78 Å². The van der Waals surface area contributed by atoms with Crippen molar-refractivity contribution in [3.8, 4) is 0 Å². The number of carbonyl (C=O) groups excluding carboxylic acids is 1. The number of hydrogen-bond donors (Lipinski definition) is 2. The highest BCUT2D eigenvalue weighted by Crippen LogP contribution is 2.19. The smallest absolute Gasteiger partial charge is 0.170 e. The van der Waals surface area contributed by atoms with Crippen molar-refractivity contribution < 1.29 is 4.79 Å². The van der Waals surface area contributed by atoms with E-state index in [1.807, 2.05) is 0 Å². The standard InChI is InChI=1S/C10H14ClN3O/c1-5(6(2)12)9(15)8-3-7(11)4-14-10(8)13/h3-6H,12H2,1-2H3,(H2,13,14). The minimum atomic E-state index is -0.299. The van der Waals surface area contributed by atoms with Crippen molar-refractivity contribution in [2.75, 3.05) is 5.73 Å². The van der Waals surface area contributed by atoms with E-state index in [0.717, 1.165) is 0 Å². The molecule has 0 fully saturated rings. The summed E-state index contributed by atoms with van der Waals surface area (Å²) in [5.41, 5.74) is 11.6. The van der Waals surface area contributed by atoms with E-state index in [1.54, 1.807) is 13.8 Å². The third-order valence-electron chi connectivity index (χ3n) is 2.35. The zero-order valence-electron chi connectivity index (χ0n) is 8.70. The van der Waals surface area contributed by atoms with E-state index in [1.165, 1.54) is 12.3 Å². The van der Waals surface area contributed by atoms with Gasteiger partial charge in [0, 0.05) is 18.2 Å². The van der Waals surface area contributed by atoms with Crippen molar-refractivity contribution in [1.82, 2.24) is 4.98 Å². The minimum Gasteiger partial charge on any atom is -0.383 e. The van der Waals surface area contributed by atoms with Crippen LogP contribution >= 0.6 is 11.6 Å². The van der Waals surface area contributed by atoms with Gasteiger partial charge < -0.3 is 11.5 Å². The normalized spacial score (nSPS) is 14.7. The van der Waals surface area contributed by atoms with Crippen LogP contribution in [0.2, 0.25) is 5.02 Å². The number of nitrogens with zero attached hydrogens (tertiary/aromatic N) is 1. The fourth-order valence-corrected chi connectivity index (χ4v) is 1.29. The van der Waals surface area contributed by atoms with Gasteiger partial charge in [-0.2, -0.15) is 0 Å². The maximum absolute atomic E-state index is 11.9. The van der Waals surface area contributed by atoms with E-state index in [9.17, 15) is 4.79 Å². The van der Waals surface area contributed by atoms with Crippen LogP contribution in [0.25, 0.3) is 0 Å². The number of hydrogen-bond acceptors (Lipinski definition) is 4. The van der Waals surface area contributed by atoms with Gasteiger partial charge in [-0.1, -0.05) is 18.5 Å². The van der Waals surface area contributed by atoms with Gasteiger partial charge in [0.2, 0.25) is 0 Å². The molecule has 2 unspecified atom stereocenters. The molecule has 0 aliphatic rings. The molecule has 5 heteroatoms. The lowest BCUT2D eigenvalue weighted by Gasteiger charge is -2.14. The Bertz CT molecular complexity index is 379. The van der Waals surface area contributed by atoms with Gasteiger partial charge in [0.1, 0.15) is 5.82 Å². The molecular weight excluding hydrogens is 214 g/mol. The predicted molar refractivity (Wildman–Crippen MR) is 60.8 cm³/mol. The number of halogens is 1. The van der Waals surface area contributed by atoms with Crippen LogP contribution in [-0.2, 0) is 0 Å². The summed E-state index contributed by atoms with van der Waals surface area (Å²) in [4.78, 5) is 15.7. The lowest BCUT2D eigenvalue weighted by molar-refractivity contribution is 0.0918. The first-order chi connectivity index (χ1) is 6.93. The van der Waals surface area contributed by atoms with Crippen LogP contribution in [0.1, 0.15) is 24.2 Å². The summed E-state index contributed by atoms with van der Waals surface area (Å²) in [5, 5.41) is 0.393. The zero-order valence-corrected chi connectivity index (χ0v) is 9.45. The first kappa shape index (κ1) is 11.9. The Kier molecular flexibility index (Phi) is 3.66. The van der Waals surface area contributed by atoms with Gasteiger partial charge in [0.05, 0.1) is 10.6 Å². The third-order valence-corrected chi connectivity index (χ3v) is 2.56. The summed E-state index contributed by atoms with van der Waals surface area (Å²) in [7, 11) is 0. The number of ketones is 1. The number of anilines is 1. The predicted octanol–water partition coefficient (Wildman–Crippen LogP) is 1.48. The van der Waals surface area contributed by atoms with Crippen molar-refractivity contribution in [3.63, 3.8) is 0 Å². The molecule has 1 rings (SSSR count). The minimum absolute atomic E-state index is 0.127. The second-order valence-corrected chi connectivity index (χ2v) is 4.03.